The number of nitrogens with one attached hydrogen (secondary N) is 1. The lowest BCUT2D eigenvalue weighted by Gasteiger charge is -2.07. The van der Waals surface area contributed by atoms with Gasteiger partial charge in [-0.2, -0.15) is 5.10 Å². The van der Waals surface area contributed by atoms with Gasteiger partial charge in [0.05, 0.1) is 11.4 Å². The Morgan fingerprint density at radius 1 is 1.35 bits per heavy atom. The molecule has 5 heteroatoms. The molecule has 108 valence electrons. The summed E-state index contributed by atoms with van der Waals surface area (Å²) in [6.07, 6.45) is 3.04. The molecule has 5 nitrogen and oxygen atoms in total. The first-order valence-corrected chi connectivity index (χ1v) is 6.97. The molecule has 0 saturated heterocycles. The van der Waals surface area contributed by atoms with Gasteiger partial charge in [0.1, 0.15) is 6.61 Å². The minimum atomic E-state index is 0.460. The average Bonchev–Trinajstić information content (AvgIpc) is 2.76. The van der Waals surface area contributed by atoms with Gasteiger partial charge in [-0.15, -0.1) is 0 Å². The SMILES string of the molecule is CCCNCc1ccc(COc2cc(C)nn2C)nc1. The quantitative estimate of drug-likeness (QED) is 0.786. The summed E-state index contributed by atoms with van der Waals surface area (Å²) in [5.74, 6) is 0.762. The normalized spacial score (nSPS) is 10.8. The van der Waals surface area contributed by atoms with Crippen molar-refractivity contribution in [3.8, 4) is 5.88 Å². The first-order chi connectivity index (χ1) is 9.69. The molecule has 0 aliphatic rings. The number of rotatable bonds is 7. The molecule has 0 radical (unpaired) electrons. The summed E-state index contributed by atoms with van der Waals surface area (Å²) in [5.41, 5.74) is 3.06. The lowest BCUT2D eigenvalue weighted by atomic mass is 10.2. The molecule has 20 heavy (non-hydrogen) atoms. The molecule has 0 bridgehead atoms. The van der Waals surface area contributed by atoms with Crippen molar-refractivity contribution in [3.63, 3.8) is 0 Å². The molecule has 0 unspecified atom stereocenters. The second-order valence-electron chi connectivity index (χ2n) is 4.87. The fourth-order valence-electron chi connectivity index (χ4n) is 1.92. The zero-order chi connectivity index (χ0) is 14.4. The molecule has 2 heterocycles. The fraction of sp³-hybridized carbons (Fsp3) is 0.467. The Balaban J connectivity index is 1.86. The third kappa shape index (κ3) is 4.06. The first kappa shape index (κ1) is 14.5. The van der Waals surface area contributed by atoms with E-state index in [0.29, 0.717) is 6.61 Å². The van der Waals surface area contributed by atoms with Crippen molar-refractivity contribution in [1.82, 2.24) is 20.1 Å². The van der Waals surface area contributed by atoms with Crippen LogP contribution >= 0.6 is 0 Å². The van der Waals surface area contributed by atoms with E-state index in [0.717, 1.165) is 36.8 Å². The highest BCUT2D eigenvalue weighted by Crippen LogP contribution is 2.12. The molecule has 0 spiro atoms. The maximum absolute atomic E-state index is 5.70. The number of pyridine rings is 1. The van der Waals surface area contributed by atoms with Crippen LogP contribution in [0.2, 0.25) is 0 Å². The minimum Gasteiger partial charge on any atom is -0.471 e. The Labute approximate surface area is 120 Å². The molecule has 1 N–H and O–H groups in total. The Hall–Kier alpha value is -1.88. The molecule has 0 aromatic carbocycles. The van der Waals surface area contributed by atoms with Gasteiger partial charge in [0, 0.05) is 25.9 Å². The van der Waals surface area contributed by atoms with Crippen LogP contribution in [0.15, 0.2) is 24.4 Å². The van der Waals surface area contributed by atoms with Gasteiger partial charge in [0.25, 0.3) is 0 Å². The van der Waals surface area contributed by atoms with E-state index in [4.69, 9.17) is 4.74 Å². The third-order valence-corrected chi connectivity index (χ3v) is 2.97. The van der Waals surface area contributed by atoms with Gasteiger partial charge >= 0.3 is 0 Å². The summed E-state index contributed by atoms with van der Waals surface area (Å²) in [5, 5.41) is 7.60. The van der Waals surface area contributed by atoms with Crippen molar-refractivity contribution >= 4 is 0 Å². The molecule has 0 saturated carbocycles. The van der Waals surface area contributed by atoms with Gasteiger partial charge in [0.2, 0.25) is 5.88 Å². The Morgan fingerprint density at radius 2 is 2.20 bits per heavy atom. The van der Waals surface area contributed by atoms with Gasteiger partial charge < -0.3 is 10.1 Å². The van der Waals surface area contributed by atoms with Crippen LogP contribution in [-0.2, 0) is 20.2 Å². The maximum Gasteiger partial charge on any atom is 0.212 e. The lowest BCUT2D eigenvalue weighted by Crippen LogP contribution is -2.14. The van der Waals surface area contributed by atoms with Gasteiger partial charge in [-0.05, 0) is 31.5 Å². The van der Waals surface area contributed by atoms with Crippen LogP contribution in [0.3, 0.4) is 0 Å². The monoisotopic (exact) mass is 274 g/mol. The van der Waals surface area contributed by atoms with Crippen LogP contribution in [0.5, 0.6) is 5.88 Å². The van der Waals surface area contributed by atoms with E-state index in [2.05, 4.69) is 28.4 Å². The van der Waals surface area contributed by atoms with E-state index in [1.54, 1.807) is 4.68 Å². The summed E-state index contributed by atoms with van der Waals surface area (Å²) in [7, 11) is 1.87. The summed E-state index contributed by atoms with van der Waals surface area (Å²) in [6, 6.07) is 6.01. The highest BCUT2D eigenvalue weighted by Gasteiger charge is 2.04. The molecule has 2 rings (SSSR count). The number of hydrogen-bond donors (Lipinski definition) is 1. The van der Waals surface area contributed by atoms with Gasteiger partial charge in [-0.3, -0.25) is 4.98 Å². The fourth-order valence-corrected chi connectivity index (χ4v) is 1.92. The number of nitrogens with zero attached hydrogens (tertiary/aromatic N) is 3. The van der Waals surface area contributed by atoms with Gasteiger partial charge in [-0.25, -0.2) is 4.68 Å². The van der Waals surface area contributed by atoms with E-state index in [1.807, 2.05) is 32.3 Å². The molecule has 0 aliphatic carbocycles. The minimum absolute atomic E-state index is 0.460. The van der Waals surface area contributed by atoms with E-state index in [9.17, 15) is 0 Å². The topological polar surface area (TPSA) is 52.0 Å². The lowest BCUT2D eigenvalue weighted by molar-refractivity contribution is 0.274. The van der Waals surface area contributed by atoms with Crippen LogP contribution in [-0.4, -0.2) is 21.3 Å². The molecule has 2 aromatic rings. The second kappa shape index (κ2) is 7.05. The molecular formula is C15H22N4O. The predicted molar refractivity (Wildman–Crippen MR) is 78.5 cm³/mol. The zero-order valence-corrected chi connectivity index (χ0v) is 12.4. The van der Waals surface area contributed by atoms with E-state index in [1.165, 1.54) is 5.56 Å². The van der Waals surface area contributed by atoms with Crippen LogP contribution in [0.4, 0.5) is 0 Å². The van der Waals surface area contributed by atoms with Gasteiger partial charge in [-0.1, -0.05) is 13.0 Å². The number of hydrogen-bond acceptors (Lipinski definition) is 4. The van der Waals surface area contributed by atoms with Crippen LogP contribution in [0.25, 0.3) is 0 Å². The predicted octanol–water partition coefficient (Wildman–Crippen LogP) is 2.20. The van der Waals surface area contributed by atoms with Gasteiger partial charge in [0.15, 0.2) is 0 Å². The van der Waals surface area contributed by atoms with Crippen molar-refractivity contribution in [2.45, 2.75) is 33.4 Å². The summed E-state index contributed by atoms with van der Waals surface area (Å²) in [4.78, 5) is 4.41. The smallest absolute Gasteiger partial charge is 0.212 e. The first-order valence-electron chi connectivity index (χ1n) is 6.97. The van der Waals surface area contributed by atoms with E-state index in [-0.39, 0.29) is 0 Å². The number of aromatic nitrogens is 3. The second-order valence-corrected chi connectivity index (χ2v) is 4.87. The van der Waals surface area contributed by atoms with Crippen LogP contribution < -0.4 is 10.1 Å². The van der Waals surface area contributed by atoms with Crippen LogP contribution in [0, 0.1) is 6.92 Å². The highest BCUT2D eigenvalue weighted by molar-refractivity contribution is 5.16. The largest absolute Gasteiger partial charge is 0.471 e. The standard InChI is InChI=1S/C15H22N4O/c1-4-7-16-9-13-5-6-14(17-10-13)11-20-15-8-12(2)18-19(15)3/h5-6,8,10,16H,4,7,9,11H2,1-3H3. The summed E-state index contributed by atoms with van der Waals surface area (Å²) >= 11 is 0. The van der Waals surface area contributed by atoms with Crippen molar-refractivity contribution < 1.29 is 4.74 Å². The molecule has 0 aliphatic heterocycles. The third-order valence-electron chi connectivity index (χ3n) is 2.97. The van der Waals surface area contributed by atoms with Crippen LogP contribution in [0.1, 0.15) is 30.3 Å². The van der Waals surface area contributed by atoms with Crippen molar-refractivity contribution in [2.24, 2.45) is 7.05 Å². The number of ether oxygens (including phenoxy) is 1. The Kier molecular flexibility index (Phi) is 5.12. The van der Waals surface area contributed by atoms with E-state index < -0.39 is 0 Å². The molecular weight excluding hydrogens is 252 g/mol. The number of aryl methyl sites for hydroxylation is 2. The van der Waals surface area contributed by atoms with Crippen molar-refractivity contribution in [2.75, 3.05) is 6.54 Å². The zero-order valence-electron chi connectivity index (χ0n) is 12.4. The summed E-state index contributed by atoms with van der Waals surface area (Å²) in [6.45, 7) is 6.46. The molecule has 0 atom stereocenters. The highest BCUT2D eigenvalue weighted by atomic mass is 16.5. The maximum atomic E-state index is 5.70. The summed E-state index contributed by atoms with van der Waals surface area (Å²) < 4.78 is 7.44. The Bertz CT molecular complexity index is 533. The van der Waals surface area contributed by atoms with E-state index >= 15 is 0 Å². The molecule has 2 aromatic heterocycles. The average molecular weight is 274 g/mol. The molecule has 0 amide bonds. The van der Waals surface area contributed by atoms with Crippen molar-refractivity contribution in [3.05, 3.63) is 41.3 Å². The Morgan fingerprint density at radius 3 is 2.80 bits per heavy atom. The molecule has 0 fully saturated rings. The van der Waals surface area contributed by atoms with Crippen molar-refractivity contribution in [1.29, 1.82) is 0 Å².